The summed E-state index contributed by atoms with van der Waals surface area (Å²) in [6, 6.07) is 0. The first-order valence-electron chi connectivity index (χ1n) is 6.85. The zero-order chi connectivity index (χ0) is 12.7. The number of aliphatic hydroxyl groups is 1. The molecule has 17 heavy (non-hydrogen) atoms. The second-order valence-corrected chi connectivity index (χ2v) is 5.48. The van der Waals surface area contributed by atoms with Gasteiger partial charge in [0, 0.05) is 39.3 Å². The summed E-state index contributed by atoms with van der Waals surface area (Å²) in [5.41, 5.74) is 0. The number of piperazine rings is 1. The van der Waals surface area contributed by atoms with Gasteiger partial charge in [-0.2, -0.15) is 0 Å². The number of likely N-dealkylation sites (N-methyl/N-ethyl adjacent to an activating group) is 1. The van der Waals surface area contributed by atoms with Gasteiger partial charge in [-0.3, -0.25) is 4.90 Å². The third kappa shape index (κ3) is 6.99. The molecule has 4 nitrogen and oxygen atoms in total. The zero-order valence-corrected chi connectivity index (χ0v) is 11.7. The highest BCUT2D eigenvalue weighted by atomic mass is 16.3. The molecular weight excluding hydrogens is 214 g/mol. The van der Waals surface area contributed by atoms with Crippen molar-refractivity contribution in [3.63, 3.8) is 0 Å². The normalized spacial score (nSPS) is 21.0. The lowest BCUT2D eigenvalue weighted by Crippen LogP contribution is -2.48. The average molecular weight is 243 g/mol. The fourth-order valence-electron chi connectivity index (χ4n) is 2.19. The van der Waals surface area contributed by atoms with Gasteiger partial charge in [-0.15, -0.1) is 0 Å². The molecule has 1 N–H and O–H groups in total. The fourth-order valence-corrected chi connectivity index (χ4v) is 2.19. The van der Waals surface area contributed by atoms with Crippen LogP contribution in [0.25, 0.3) is 0 Å². The summed E-state index contributed by atoms with van der Waals surface area (Å²) in [5.74, 6) is 0. The predicted molar refractivity (Wildman–Crippen MR) is 72.3 cm³/mol. The van der Waals surface area contributed by atoms with Gasteiger partial charge in [0.1, 0.15) is 0 Å². The van der Waals surface area contributed by atoms with E-state index in [1.54, 1.807) is 0 Å². The fraction of sp³-hybridized carbons (Fsp3) is 1.00. The quantitative estimate of drug-likeness (QED) is 0.698. The van der Waals surface area contributed by atoms with Gasteiger partial charge in [-0.1, -0.05) is 0 Å². The standard InChI is InChI=1S/C13H29N3O/c1-13(17)5-4-6-15-9-11-16(12-10-15)8-7-14(2)3/h13,17H,4-12H2,1-3H3. The molecule has 4 heteroatoms. The average Bonchev–Trinajstić information content (AvgIpc) is 2.27. The molecule has 0 aliphatic carbocycles. The molecule has 1 aliphatic heterocycles. The Morgan fingerprint density at radius 3 is 2.06 bits per heavy atom. The maximum atomic E-state index is 9.21. The highest BCUT2D eigenvalue weighted by molar-refractivity contribution is 4.72. The van der Waals surface area contributed by atoms with E-state index in [1.165, 1.54) is 32.7 Å². The minimum absolute atomic E-state index is 0.142. The molecule has 0 radical (unpaired) electrons. The maximum Gasteiger partial charge on any atom is 0.0512 e. The molecule has 1 aliphatic rings. The van der Waals surface area contributed by atoms with E-state index in [4.69, 9.17) is 0 Å². The Balaban J connectivity index is 2.05. The largest absolute Gasteiger partial charge is 0.393 e. The van der Waals surface area contributed by atoms with Gasteiger partial charge in [0.2, 0.25) is 0 Å². The highest BCUT2D eigenvalue weighted by Gasteiger charge is 2.16. The van der Waals surface area contributed by atoms with Crippen LogP contribution in [0.4, 0.5) is 0 Å². The van der Waals surface area contributed by atoms with E-state index in [-0.39, 0.29) is 6.10 Å². The molecule has 1 fully saturated rings. The van der Waals surface area contributed by atoms with Crippen LogP contribution in [0, 0.1) is 0 Å². The minimum Gasteiger partial charge on any atom is -0.393 e. The van der Waals surface area contributed by atoms with Crippen LogP contribution >= 0.6 is 0 Å². The van der Waals surface area contributed by atoms with E-state index in [1.807, 2.05) is 6.92 Å². The van der Waals surface area contributed by atoms with Crippen molar-refractivity contribution in [1.29, 1.82) is 0 Å². The van der Waals surface area contributed by atoms with E-state index in [0.717, 1.165) is 25.9 Å². The van der Waals surface area contributed by atoms with Crippen LogP contribution < -0.4 is 0 Å². The third-order valence-electron chi connectivity index (χ3n) is 3.42. The van der Waals surface area contributed by atoms with Crippen molar-refractivity contribution >= 4 is 0 Å². The van der Waals surface area contributed by atoms with Gasteiger partial charge in [-0.05, 0) is 40.4 Å². The van der Waals surface area contributed by atoms with Crippen molar-refractivity contribution in [2.75, 3.05) is 59.9 Å². The SMILES string of the molecule is CC(O)CCCN1CCN(CCN(C)C)CC1. The van der Waals surface area contributed by atoms with Crippen LogP contribution in [0.15, 0.2) is 0 Å². The second-order valence-electron chi connectivity index (χ2n) is 5.48. The van der Waals surface area contributed by atoms with Gasteiger partial charge < -0.3 is 14.9 Å². The molecule has 1 unspecified atom stereocenters. The van der Waals surface area contributed by atoms with Crippen LogP contribution in [0.3, 0.4) is 0 Å². The molecule has 0 aromatic heterocycles. The molecule has 0 aromatic rings. The van der Waals surface area contributed by atoms with Crippen LogP contribution in [-0.2, 0) is 0 Å². The Morgan fingerprint density at radius 2 is 1.59 bits per heavy atom. The Morgan fingerprint density at radius 1 is 1.06 bits per heavy atom. The molecule has 0 bridgehead atoms. The molecule has 0 aromatic carbocycles. The Hall–Kier alpha value is -0.160. The summed E-state index contributed by atoms with van der Waals surface area (Å²) in [6.07, 6.45) is 1.91. The molecular formula is C13H29N3O. The minimum atomic E-state index is -0.142. The summed E-state index contributed by atoms with van der Waals surface area (Å²) < 4.78 is 0. The maximum absolute atomic E-state index is 9.21. The number of nitrogens with zero attached hydrogens (tertiary/aromatic N) is 3. The highest BCUT2D eigenvalue weighted by Crippen LogP contribution is 2.04. The van der Waals surface area contributed by atoms with E-state index < -0.39 is 0 Å². The van der Waals surface area contributed by atoms with Crippen LogP contribution in [0.2, 0.25) is 0 Å². The monoisotopic (exact) mass is 243 g/mol. The first-order chi connectivity index (χ1) is 8.08. The van der Waals surface area contributed by atoms with E-state index in [0.29, 0.717) is 0 Å². The van der Waals surface area contributed by atoms with Crippen LogP contribution in [-0.4, -0.2) is 85.8 Å². The van der Waals surface area contributed by atoms with Gasteiger partial charge in [0.05, 0.1) is 6.10 Å². The molecule has 1 rings (SSSR count). The topological polar surface area (TPSA) is 30.0 Å². The molecule has 1 atom stereocenters. The van der Waals surface area contributed by atoms with Gasteiger partial charge in [0.25, 0.3) is 0 Å². The van der Waals surface area contributed by atoms with Gasteiger partial charge in [-0.25, -0.2) is 0 Å². The zero-order valence-electron chi connectivity index (χ0n) is 11.7. The lowest BCUT2D eigenvalue weighted by Gasteiger charge is -2.35. The van der Waals surface area contributed by atoms with Crippen molar-refractivity contribution in [1.82, 2.24) is 14.7 Å². The molecule has 102 valence electrons. The first kappa shape index (κ1) is 14.9. The smallest absolute Gasteiger partial charge is 0.0512 e. The number of hydrogen-bond donors (Lipinski definition) is 1. The van der Waals surface area contributed by atoms with E-state index in [2.05, 4.69) is 28.8 Å². The summed E-state index contributed by atoms with van der Waals surface area (Å²) >= 11 is 0. The van der Waals surface area contributed by atoms with Crippen molar-refractivity contribution in [2.45, 2.75) is 25.9 Å². The molecule has 0 amide bonds. The lowest BCUT2D eigenvalue weighted by molar-refractivity contribution is 0.116. The first-order valence-corrected chi connectivity index (χ1v) is 6.85. The number of aliphatic hydroxyl groups excluding tert-OH is 1. The molecule has 1 heterocycles. The van der Waals surface area contributed by atoms with Crippen molar-refractivity contribution in [2.24, 2.45) is 0 Å². The van der Waals surface area contributed by atoms with Crippen molar-refractivity contribution in [3.8, 4) is 0 Å². The molecule has 1 saturated heterocycles. The third-order valence-corrected chi connectivity index (χ3v) is 3.42. The van der Waals surface area contributed by atoms with E-state index in [9.17, 15) is 5.11 Å². The summed E-state index contributed by atoms with van der Waals surface area (Å²) in [6.45, 7) is 10.1. The summed E-state index contributed by atoms with van der Waals surface area (Å²) in [4.78, 5) is 7.31. The number of rotatable bonds is 7. The second kappa shape index (κ2) is 8.03. The van der Waals surface area contributed by atoms with Crippen LogP contribution in [0.1, 0.15) is 19.8 Å². The lowest BCUT2D eigenvalue weighted by atomic mass is 10.2. The summed E-state index contributed by atoms with van der Waals surface area (Å²) in [7, 11) is 4.26. The molecule has 0 saturated carbocycles. The number of hydrogen-bond acceptors (Lipinski definition) is 4. The van der Waals surface area contributed by atoms with E-state index >= 15 is 0 Å². The van der Waals surface area contributed by atoms with Gasteiger partial charge >= 0.3 is 0 Å². The predicted octanol–water partition coefficient (Wildman–Crippen LogP) is 0.327. The van der Waals surface area contributed by atoms with Crippen molar-refractivity contribution < 1.29 is 5.11 Å². The molecule has 0 spiro atoms. The Kier molecular flexibility index (Phi) is 7.04. The Bertz CT molecular complexity index is 189. The van der Waals surface area contributed by atoms with Gasteiger partial charge in [0.15, 0.2) is 0 Å². The Labute approximate surface area is 106 Å². The summed E-state index contributed by atoms with van der Waals surface area (Å²) in [5, 5.41) is 9.21. The van der Waals surface area contributed by atoms with Crippen molar-refractivity contribution in [3.05, 3.63) is 0 Å². The van der Waals surface area contributed by atoms with Crippen LogP contribution in [0.5, 0.6) is 0 Å².